The van der Waals surface area contributed by atoms with Crippen LogP contribution < -0.4 is 0 Å². The number of hydrogen-bond acceptors (Lipinski definition) is 7. The molecule has 1 saturated heterocycles. The van der Waals surface area contributed by atoms with Crippen molar-refractivity contribution in [2.24, 2.45) is 0 Å². The minimum Gasteiger partial charge on any atom is -0.483 e. The van der Waals surface area contributed by atoms with Crippen molar-refractivity contribution >= 4 is 18.3 Å². The first-order valence-electron chi connectivity index (χ1n) is 9.44. The molecule has 4 heterocycles. The van der Waals surface area contributed by atoms with Crippen molar-refractivity contribution in [1.29, 1.82) is 0 Å². The summed E-state index contributed by atoms with van der Waals surface area (Å²) in [5.41, 5.74) is 2.21. The molecule has 11 nitrogen and oxygen atoms in total. The summed E-state index contributed by atoms with van der Waals surface area (Å²) in [6.45, 7) is 3.01. The van der Waals surface area contributed by atoms with Gasteiger partial charge in [0.1, 0.15) is 6.04 Å². The second-order valence-electron chi connectivity index (χ2n) is 6.79. The zero-order valence-electron chi connectivity index (χ0n) is 16.2. The highest BCUT2D eigenvalue weighted by atomic mass is 16.5. The van der Waals surface area contributed by atoms with Gasteiger partial charge in [0.25, 0.3) is 6.47 Å². The van der Waals surface area contributed by atoms with E-state index in [0.717, 1.165) is 11.3 Å². The van der Waals surface area contributed by atoms with Crippen LogP contribution >= 0.6 is 0 Å². The monoisotopic (exact) mass is 417 g/mol. The van der Waals surface area contributed by atoms with Gasteiger partial charge in [-0.15, -0.1) is 0 Å². The molecule has 2 aliphatic heterocycles. The number of pyridine rings is 1. The minimum atomic E-state index is -1.08. The molecule has 2 aliphatic rings. The van der Waals surface area contributed by atoms with E-state index in [1.807, 2.05) is 12.1 Å². The Kier molecular flexibility index (Phi) is 7.09. The number of ether oxygens (including phenoxy) is 1. The van der Waals surface area contributed by atoms with Crippen LogP contribution in [-0.4, -0.2) is 86.4 Å². The number of morpholine rings is 1. The molecule has 2 aromatic rings. The number of aromatic nitrogens is 3. The largest absolute Gasteiger partial charge is 0.483 e. The Hall–Kier alpha value is -3.31. The van der Waals surface area contributed by atoms with Crippen molar-refractivity contribution in [2.45, 2.75) is 19.0 Å². The number of H-pyrrole nitrogens is 1. The number of carboxylic acid groups (broad SMARTS) is 2. The Morgan fingerprint density at radius 1 is 1.27 bits per heavy atom. The summed E-state index contributed by atoms with van der Waals surface area (Å²) in [4.78, 5) is 41.2. The Balaban J connectivity index is 0.000000806. The number of fused-ring (bicyclic) bond motifs is 1. The fourth-order valence-electron chi connectivity index (χ4n) is 3.72. The number of nitrogens with one attached hydrogen (secondary N) is 1. The van der Waals surface area contributed by atoms with Gasteiger partial charge >= 0.3 is 5.97 Å². The van der Waals surface area contributed by atoms with Crippen LogP contribution in [0.2, 0.25) is 0 Å². The summed E-state index contributed by atoms with van der Waals surface area (Å²) < 4.78 is 5.43. The molecule has 1 unspecified atom stereocenters. The first kappa shape index (κ1) is 21.4. The lowest BCUT2D eigenvalue weighted by Crippen LogP contribution is -2.48. The van der Waals surface area contributed by atoms with Crippen LogP contribution in [0.15, 0.2) is 24.5 Å². The summed E-state index contributed by atoms with van der Waals surface area (Å²) in [5.74, 6) is -1.13. The fourth-order valence-corrected chi connectivity index (χ4v) is 3.72. The smallest absolute Gasteiger partial charge is 0.356 e. The molecule has 4 rings (SSSR count). The van der Waals surface area contributed by atoms with Crippen LogP contribution in [-0.2, 0) is 27.3 Å². The van der Waals surface area contributed by atoms with Gasteiger partial charge in [0.05, 0.1) is 13.2 Å². The summed E-state index contributed by atoms with van der Waals surface area (Å²) in [6, 6.07) is 3.27. The molecule has 0 spiro atoms. The number of carbonyl (C=O) groups excluding carboxylic acids is 1. The zero-order chi connectivity index (χ0) is 21.5. The summed E-state index contributed by atoms with van der Waals surface area (Å²) >= 11 is 0. The third kappa shape index (κ3) is 4.63. The topological polar surface area (TPSA) is 149 Å². The normalized spacial score (nSPS) is 17.3. The van der Waals surface area contributed by atoms with Gasteiger partial charge in [-0.1, -0.05) is 6.07 Å². The lowest BCUT2D eigenvalue weighted by Gasteiger charge is -2.37. The number of rotatable bonds is 4. The summed E-state index contributed by atoms with van der Waals surface area (Å²) in [6.07, 6.45) is 3.96. The van der Waals surface area contributed by atoms with Gasteiger partial charge in [-0.05, 0) is 11.6 Å². The molecule has 0 bridgehead atoms. The van der Waals surface area contributed by atoms with E-state index >= 15 is 0 Å². The van der Waals surface area contributed by atoms with E-state index in [1.54, 1.807) is 17.3 Å². The van der Waals surface area contributed by atoms with Crippen LogP contribution in [0.25, 0.3) is 0 Å². The molecule has 30 heavy (non-hydrogen) atoms. The highest BCUT2D eigenvalue weighted by Gasteiger charge is 2.35. The molecule has 0 aromatic carbocycles. The van der Waals surface area contributed by atoms with Crippen LogP contribution in [0.3, 0.4) is 0 Å². The molecule has 0 aliphatic carbocycles. The first-order chi connectivity index (χ1) is 14.6. The van der Waals surface area contributed by atoms with Gasteiger partial charge in [0, 0.05) is 56.3 Å². The van der Waals surface area contributed by atoms with Gasteiger partial charge in [-0.25, -0.2) is 4.79 Å². The van der Waals surface area contributed by atoms with E-state index in [1.165, 1.54) is 0 Å². The van der Waals surface area contributed by atoms with Crippen LogP contribution in [0.5, 0.6) is 0 Å². The molecule has 3 N–H and O–H groups in total. The molecular weight excluding hydrogens is 394 g/mol. The van der Waals surface area contributed by atoms with Crippen molar-refractivity contribution in [3.63, 3.8) is 0 Å². The Morgan fingerprint density at radius 2 is 2.00 bits per heavy atom. The number of amides is 1. The Bertz CT molecular complexity index is 881. The average Bonchev–Trinajstić information content (AvgIpc) is 3.19. The van der Waals surface area contributed by atoms with Crippen molar-refractivity contribution in [3.8, 4) is 0 Å². The van der Waals surface area contributed by atoms with Crippen molar-refractivity contribution in [2.75, 3.05) is 32.8 Å². The fraction of sp³-hybridized carbons (Fsp3) is 0.421. The van der Waals surface area contributed by atoms with Crippen LogP contribution in [0.1, 0.15) is 33.4 Å². The van der Waals surface area contributed by atoms with Gasteiger partial charge in [0.15, 0.2) is 5.69 Å². The minimum absolute atomic E-state index is 0.00759. The molecule has 1 fully saturated rings. The molecule has 160 valence electrons. The SMILES string of the molecule is O=C(O)c1n[nH]c2c1CN(C(=O)C(c1cccnc1)N1CCOCC1)CC2.O=CO. The molecule has 11 heteroatoms. The Labute approximate surface area is 172 Å². The average molecular weight is 417 g/mol. The van der Waals surface area contributed by atoms with Crippen molar-refractivity contribution < 1.29 is 29.3 Å². The Morgan fingerprint density at radius 3 is 2.63 bits per heavy atom. The second-order valence-corrected chi connectivity index (χ2v) is 6.79. The maximum absolute atomic E-state index is 13.4. The van der Waals surface area contributed by atoms with Gasteiger partial charge in [-0.3, -0.25) is 24.6 Å². The van der Waals surface area contributed by atoms with Crippen molar-refractivity contribution in [3.05, 3.63) is 47.0 Å². The highest BCUT2D eigenvalue weighted by Crippen LogP contribution is 2.28. The number of nitrogens with zero attached hydrogens (tertiary/aromatic N) is 4. The molecular formula is C19H23N5O6. The second kappa shape index (κ2) is 9.94. The van der Waals surface area contributed by atoms with Gasteiger partial charge in [-0.2, -0.15) is 5.10 Å². The molecule has 0 radical (unpaired) electrons. The number of aromatic amines is 1. The van der Waals surface area contributed by atoms with E-state index < -0.39 is 12.0 Å². The van der Waals surface area contributed by atoms with Crippen molar-refractivity contribution in [1.82, 2.24) is 25.0 Å². The number of carbonyl (C=O) groups is 3. The number of hydrogen-bond donors (Lipinski definition) is 3. The highest BCUT2D eigenvalue weighted by molar-refractivity contribution is 5.88. The predicted octanol–water partition coefficient (Wildman–Crippen LogP) is 0.162. The standard InChI is InChI=1S/C18H21N5O4.CH2O2/c24-17(23-5-3-14-13(11-23)15(18(25)26)21-20-14)16(12-2-1-4-19-10-12)22-6-8-27-9-7-22;2-1-3/h1-2,4,10,16H,3,5-9,11H2,(H,20,21)(H,25,26);1H,(H,2,3). The molecule has 2 aromatic heterocycles. The first-order valence-corrected chi connectivity index (χ1v) is 9.44. The van der Waals surface area contributed by atoms with E-state index in [2.05, 4.69) is 20.1 Å². The predicted molar refractivity (Wildman–Crippen MR) is 103 cm³/mol. The van der Waals surface area contributed by atoms with Gasteiger partial charge in [0.2, 0.25) is 5.91 Å². The maximum atomic E-state index is 13.4. The van der Waals surface area contributed by atoms with Crippen LogP contribution in [0.4, 0.5) is 0 Å². The van der Waals surface area contributed by atoms with Gasteiger partial charge < -0.3 is 19.8 Å². The third-order valence-electron chi connectivity index (χ3n) is 5.09. The molecule has 0 saturated carbocycles. The zero-order valence-corrected chi connectivity index (χ0v) is 16.2. The molecule has 1 atom stereocenters. The maximum Gasteiger partial charge on any atom is 0.356 e. The summed E-state index contributed by atoms with van der Waals surface area (Å²) in [7, 11) is 0. The lowest BCUT2D eigenvalue weighted by atomic mass is 10.0. The summed E-state index contributed by atoms with van der Waals surface area (Å²) in [5, 5.41) is 22.9. The molecule has 1 amide bonds. The van der Waals surface area contributed by atoms with Crippen LogP contribution in [0, 0.1) is 0 Å². The van der Waals surface area contributed by atoms with E-state index in [-0.39, 0.29) is 24.6 Å². The van der Waals surface area contributed by atoms with E-state index in [4.69, 9.17) is 14.6 Å². The lowest BCUT2D eigenvalue weighted by molar-refractivity contribution is -0.140. The van der Waals surface area contributed by atoms with E-state index in [0.29, 0.717) is 44.8 Å². The quantitative estimate of drug-likeness (QED) is 0.591. The number of aromatic carboxylic acids is 1. The third-order valence-corrected chi connectivity index (χ3v) is 5.09. The van der Waals surface area contributed by atoms with E-state index in [9.17, 15) is 14.7 Å². The number of carboxylic acids is 1.